The number of hydrogen-bond acceptors (Lipinski definition) is 7. The average molecular weight is 358 g/mol. The minimum Gasteiger partial charge on any atom is -0.496 e. The molecule has 1 saturated heterocycles. The third kappa shape index (κ3) is 1.58. The highest BCUT2D eigenvalue weighted by atomic mass is 16.7. The van der Waals surface area contributed by atoms with Gasteiger partial charge in [-0.25, -0.2) is 0 Å². The molecule has 1 aromatic rings. The fourth-order valence-electron chi connectivity index (χ4n) is 4.20. The van der Waals surface area contributed by atoms with Crippen LogP contribution in [0.4, 0.5) is 0 Å². The van der Waals surface area contributed by atoms with Gasteiger partial charge in [0, 0.05) is 18.2 Å². The molecule has 136 valence electrons. The number of carbonyl (C=O) groups is 3. The molecule has 3 aliphatic rings. The highest BCUT2D eigenvalue weighted by Crippen LogP contribution is 2.65. The maximum Gasteiger partial charge on any atom is 0.229 e. The molecule has 26 heavy (non-hydrogen) atoms. The summed E-state index contributed by atoms with van der Waals surface area (Å²) in [6.07, 6.45) is -1.22. The van der Waals surface area contributed by atoms with E-state index in [1.54, 1.807) is 32.0 Å². The van der Waals surface area contributed by atoms with Crippen molar-refractivity contribution in [2.45, 2.75) is 31.2 Å². The van der Waals surface area contributed by atoms with Gasteiger partial charge in [0.2, 0.25) is 22.8 Å². The van der Waals surface area contributed by atoms with Crippen molar-refractivity contribution in [1.29, 1.82) is 0 Å². The lowest BCUT2D eigenvalue weighted by atomic mass is 9.66. The molecular formula is C19H18O7. The second-order valence-corrected chi connectivity index (χ2v) is 6.43. The number of hydrogen-bond donors (Lipinski definition) is 0. The van der Waals surface area contributed by atoms with Crippen molar-refractivity contribution < 1.29 is 33.3 Å². The molecule has 1 aromatic carbocycles. The van der Waals surface area contributed by atoms with Crippen molar-refractivity contribution in [2.24, 2.45) is 0 Å². The predicted octanol–water partition coefficient (Wildman–Crippen LogP) is 1.49. The highest BCUT2D eigenvalue weighted by Gasteiger charge is 2.89. The molecule has 0 amide bonds. The number of benzene rings is 1. The summed E-state index contributed by atoms with van der Waals surface area (Å²) in [6.45, 7) is 3.52. The van der Waals surface area contributed by atoms with E-state index in [4.69, 9.17) is 18.9 Å². The maximum absolute atomic E-state index is 13.4. The molecule has 0 spiro atoms. The molecule has 3 atom stereocenters. The first-order chi connectivity index (χ1) is 12.4. The summed E-state index contributed by atoms with van der Waals surface area (Å²) in [6, 6.07) is 4.77. The zero-order chi connectivity index (χ0) is 18.9. The number of rotatable bonds is 4. The minimum atomic E-state index is -1.75. The van der Waals surface area contributed by atoms with E-state index in [2.05, 4.69) is 0 Å². The van der Waals surface area contributed by atoms with E-state index in [0.29, 0.717) is 0 Å². The lowest BCUT2D eigenvalue weighted by Gasteiger charge is -2.34. The number of methoxy groups -OCH3 is 2. The maximum atomic E-state index is 13.4. The van der Waals surface area contributed by atoms with Crippen molar-refractivity contribution >= 4 is 17.3 Å². The quantitative estimate of drug-likeness (QED) is 0.753. The van der Waals surface area contributed by atoms with Gasteiger partial charge in [-0.3, -0.25) is 14.4 Å². The summed E-state index contributed by atoms with van der Waals surface area (Å²) in [5.41, 5.74) is -2.87. The van der Waals surface area contributed by atoms with Gasteiger partial charge >= 0.3 is 0 Å². The first kappa shape index (κ1) is 16.9. The Morgan fingerprint density at radius 1 is 1.15 bits per heavy atom. The zero-order valence-corrected chi connectivity index (χ0v) is 14.9. The Kier molecular flexibility index (Phi) is 3.42. The number of ketones is 3. The fourth-order valence-corrected chi connectivity index (χ4v) is 4.20. The fraction of sp³-hybridized carbons (Fsp3) is 0.421. The van der Waals surface area contributed by atoms with Crippen LogP contribution in [0.15, 0.2) is 29.5 Å². The normalized spacial score (nSPS) is 32.0. The van der Waals surface area contributed by atoms with Gasteiger partial charge in [0.05, 0.1) is 19.3 Å². The Balaban J connectivity index is 2.05. The molecule has 1 aliphatic heterocycles. The van der Waals surface area contributed by atoms with E-state index in [1.165, 1.54) is 14.2 Å². The van der Waals surface area contributed by atoms with Crippen LogP contribution in [0.25, 0.3) is 0 Å². The Hall–Kier alpha value is -2.51. The smallest absolute Gasteiger partial charge is 0.229 e. The monoisotopic (exact) mass is 358 g/mol. The topological polar surface area (TPSA) is 91.4 Å². The highest BCUT2D eigenvalue weighted by molar-refractivity contribution is 6.31. The summed E-state index contributed by atoms with van der Waals surface area (Å²) < 4.78 is 22.1. The van der Waals surface area contributed by atoms with Gasteiger partial charge in [-0.05, 0) is 19.9 Å². The van der Waals surface area contributed by atoms with Crippen LogP contribution in [0.3, 0.4) is 0 Å². The van der Waals surface area contributed by atoms with E-state index in [1.807, 2.05) is 0 Å². The van der Waals surface area contributed by atoms with Gasteiger partial charge in [0.1, 0.15) is 11.5 Å². The minimum absolute atomic E-state index is 0.102. The molecule has 7 nitrogen and oxygen atoms in total. The van der Waals surface area contributed by atoms with Gasteiger partial charge < -0.3 is 18.9 Å². The molecule has 0 aromatic heterocycles. The standard InChI is InChI=1S/C19H18O7/c1-5-25-16-9(2)13(20)17(24-4)19-15(22)12-10(7-6-8-11(12)23-3)14(21)18(16,19)26-19/h6-8,17H,5H2,1-4H3/t17-,18+,19-/m0/s1. The van der Waals surface area contributed by atoms with Gasteiger partial charge in [-0.1, -0.05) is 12.1 Å². The van der Waals surface area contributed by atoms with Crippen LogP contribution in [-0.4, -0.2) is 55.5 Å². The van der Waals surface area contributed by atoms with E-state index in [9.17, 15) is 14.4 Å². The predicted molar refractivity (Wildman–Crippen MR) is 88.3 cm³/mol. The summed E-state index contributed by atoms with van der Waals surface area (Å²) >= 11 is 0. The molecular weight excluding hydrogens is 340 g/mol. The molecule has 0 saturated carbocycles. The number of fused-ring (bicyclic) bond motifs is 1. The molecule has 0 bridgehead atoms. The third-order valence-electron chi connectivity index (χ3n) is 5.33. The van der Waals surface area contributed by atoms with Crippen LogP contribution in [0.5, 0.6) is 5.75 Å². The molecule has 4 rings (SSSR count). The van der Waals surface area contributed by atoms with Crippen LogP contribution in [0.2, 0.25) is 0 Å². The number of Topliss-reactive ketones (excluding diaryl/α,β-unsaturated/α-hetero) is 3. The number of ether oxygens (including phenoxy) is 4. The van der Waals surface area contributed by atoms with Crippen molar-refractivity contribution in [1.82, 2.24) is 0 Å². The summed E-state index contributed by atoms with van der Waals surface area (Å²) in [5.74, 6) is -1.00. The van der Waals surface area contributed by atoms with E-state index in [0.717, 1.165) is 0 Å². The summed E-state index contributed by atoms with van der Waals surface area (Å²) in [4.78, 5) is 39.7. The van der Waals surface area contributed by atoms with Crippen LogP contribution in [-0.2, 0) is 19.0 Å². The Morgan fingerprint density at radius 3 is 2.50 bits per heavy atom. The molecule has 0 N–H and O–H groups in total. The van der Waals surface area contributed by atoms with Crippen molar-refractivity contribution in [2.75, 3.05) is 20.8 Å². The molecule has 1 heterocycles. The lowest BCUT2D eigenvalue weighted by Crippen LogP contribution is -2.59. The van der Waals surface area contributed by atoms with Gasteiger partial charge in [-0.2, -0.15) is 0 Å². The van der Waals surface area contributed by atoms with Crippen molar-refractivity contribution in [3.05, 3.63) is 40.7 Å². The molecule has 2 aliphatic carbocycles. The second-order valence-electron chi connectivity index (χ2n) is 6.43. The van der Waals surface area contributed by atoms with Crippen LogP contribution >= 0.6 is 0 Å². The molecule has 1 fully saturated rings. The van der Waals surface area contributed by atoms with Gasteiger partial charge in [-0.15, -0.1) is 0 Å². The Labute approximate surface area is 149 Å². The first-order valence-electron chi connectivity index (χ1n) is 8.30. The van der Waals surface area contributed by atoms with Crippen molar-refractivity contribution in [3.8, 4) is 5.75 Å². The molecule has 7 heteroatoms. The Morgan fingerprint density at radius 2 is 1.88 bits per heavy atom. The van der Waals surface area contributed by atoms with Crippen LogP contribution in [0, 0.1) is 0 Å². The first-order valence-corrected chi connectivity index (χ1v) is 8.30. The Bertz CT molecular complexity index is 899. The largest absolute Gasteiger partial charge is 0.496 e. The summed E-state index contributed by atoms with van der Waals surface area (Å²) in [7, 11) is 2.73. The van der Waals surface area contributed by atoms with Gasteiger partial charge in [0.15, 0.2) is 11.9 Å². The zero-order valence-electron chi connectivity index (χ0n) is 14.9. The molecule has 0 unspecified atom stereocenters. The van der Waals surface area contributed by atoms with E-state index < -0.39 is 34.7 Å². The summed E-state index contributed by atoms with van der Waals surface area (Å²) in [5, 5.41) is 0. The number of carbonyl (C=O) groups excluding carboxylic acids is 3. The molecule has 0 radical (unpaired) electrons. The van der Waals surface area contributed by atoms with Crippen molar-refractivity contribution in [3.63, 3.8) is 0 Å². The van der Waals surface area contributed by atoms with Crippen LogP contribution in [0.1, 0.15) is 34.6 Å². The van der Waals surface area contributed by atoms with Crippen LogP contribution < -0.4 is 4.74 Å². The average Bonchev–Trinajstić information content (AvgIpc) is 3.36. The lowest BCUT2D eigenvalue weighted by molar-refractivity contribution is -0.128. The van der Waals surface area contributed by atoms with E-state index >= 15 is 0 Å². The SMILES string of the molecule is CCOC1=C(C)C(=O)[C@H](OC)[C@]23O[C@]12C(=O)c1cccc(OC)c1C3=O. The second kappa shape index (κ2) is 5.25. The van der Waals surface area contributed by atoms with Gasteiger partial charge in [0.25, 0.3) is 0 Å². The number of epoxide rings is 1. The third-order valence-corrected chi connectivity index (χ3v) is 5.33. The van der Waals surface area contributed by atoms with E-state index in [-0.39, 0.29) is 34.8 Å².